The van der Waals surface area contributed by atoms with Crippen LogP contribution in [-0.4, -0.2) is 31.1 Å². The van der Waals surface area contributed by atoms with Crippen molar-refractivity contribution in [3.05, 3.63) is 129 Å². The fraction of sp³-hybridized carbons (Fsp3) is 0.278. The average molecular weight is 734 g/mol. The van der Waals surface area contributed by atoms with E-state index in [1.165, 1.54) is 53.4 Å². The third-order valence-electron chi connectivity index (χ3n) is 8.39. The maximum atomic E-state index is 15.0. The van der Waals surface area contributed by atoms with Crippen molar-refractivity contribution < 1.29 is 40.0 Å². The number of carbonyl (C=O) groups excluding carboxylic acids is 2. The Morgan fingerprint density at radius 2 is 1.36 bits per heavy atom. The summed E-state index contributed by atoms with van der Waals surface area (Å²) in [7, 11) is -5.57. The van der Waals surface area contributed by atoms with E-state index in [4.69, 9.17) is 17.3 Å². The van der Waals surface area contributed by atoms with Gasteiger partial charge in [0.25, 0.3) is 0 Å². The number of sulfonamides is 1. The summed E-state index contributed by atoms with van der Waals surface area (Å²) in [5, 5.41) is 0.271. The molecule has 0 bridgehead atoms. The Kier molecular flexibility index (Phi) is 10.4. The summed E-state index contributed by atoms with van der Waals surface area (Å²) >= 11 is 5.96. The highest BCUT2D eigenvalue weighted by Gasteiger charge is 2.39. The van der Waals surface area contributed by atoms with Gasteiger partial charge in [-0.1, -0.05) is 62.7 Å². The van der Waals surface area contributed by atoms with Crippen LogP contribution >= 0.6 is 11.6 Å². The van der Waals surface area contributed by atoms with Crippen LogP contribution in [-0.2, 0) is 33.3 Å². The first kappa shape index (κ1) is 36.9. The molecule has 0 aliphatic heterocycles. The molecule has 14 heteroatoms. The maximum absolute atomic E-state index is 15.0. The summed E-state index contributed by atoms with van der Waals surface area (Å²) < 4.78 is 100. The minimum Gasteiger partial charge on any atom is -0.366 e. The number of amides is 2. The topological polar surface area (TPSA) is 101 Å². The van der Waals surface area contributed by atoms with Crippen molar-refractivity contribution in [3.63, 3.8) is 0 Å². The van der Waals surface area contributed by atoms with Gasteiger partial charge in [0.05, 0.1) is 13.1 Å². The SMILES string of the molecule is CC(C)(C)c1cc(CN(C(=O)CN(Cc2ccc(Cl)cc2)S(=O)(=O)c2c(F)c(F)c(F)c(F)c2F)c2ccc(C(N)=O)cc2)cc(C2CC2)c1. The van der Waals surface area contributed by atoms with Crippen LogP contribution in [0.3, 0.4) is 0 Å². The quantitative estimate of drug-likeness (QED) is 0.0969. The van der Waals surface area contributed by atoms with Crippen LogP contribution < -0.4 is 10.6 Å². The van der Waals surface area contributed by atoms with Crippen molar-refractivity contribution in [1.82, 2.24) is 4.31 Å². The Labute approximate surface area is 291 Å². The van der Waals surface area contributed by atoms with Crippen molar-refractivity contribution in [2.45, 2.75) is 62.9 Å². The van der Waals surface area contributed by atoms with E-state index in [1.807, 2.05) is 32.9 Å². The van der Waals surface area contributed by atoms with Gasteiger partial charge in [0.1, 0.15) is 0 Å². The summed E-state index contributed by atoms with van der Waals surface area (Å²) in [5.74, 6) is -13.9. The second-order valence-corrected chi connectivity index (χ2v) is 15.5. The highest BCUT2D eigenvalue weighted by Crippen LogP contribution is 2.42. The Hall–Kier alpha value is -4.33. The van der Waals surface area contributed by atoms with E-state index in [0.29, 0.717) is 15.8 Å². The van der Waals surface area contributed by atoms with E-state index in [9.17, 15) is 40.0 Å². The lowest BCUT2D eigenvalue weighted by Gasteiger charge is -2.29. The number of nitrogens with zero attached hydrogens (tertiary/aromatic N) is 2. The standard InChI is InChI=1S/C36H33ClF5N3O4S/c1-36(2,3)25-15-21(14-24(16-25)22-6-7-22)18-45(27-12-8-23(9-13-27)35(43)47)28(46)19-44(17-20-4-10-26(37)11-5-20)50(48,49)34-32(41)30(39)29(38)31(40)33(34)42/h4-5,8-16,22H,6-7,17-19H2,1-3H3,(H2,43,47). The van der Waals surface area contributed by atoms with E-state index in [0.717, 1.165) is 24.0 Å². The molecule has 4 aromatic rings. The lowest BCUT2D eigenvalue weighted by atomic mass is 9.84. The summed E-state index contributed by atoms with van der Waals surface area (Å²) in [6.45, 7) is 4.21. The Balaban J connectivity index is 1.61. The minimum absolute atomic E-state index is 0.101. The molecule has 1 saturated carbocycles. The first-order valence-corrected chi connectivity index (χ1v) is 17.3. The largest absolute Gasteiger partial charge is 0.366 e. The molecule has 0 spiro atoms. The van der Waals surface area contributed by atoms with Crippen molar-refractivity contribution in [2.75, 3.05) is 11.4 Å². The lowest BCUT2D eigenvalue weighted by Crippen LogP contribution is -2.43. The molecule has 0 atom stereocenters. The van der Waals surface area contributed by atoms with Gasteiger partial charge < -0.3 is 10.6 Å². The molecule has 50 heavy (non-hydrogen) atoms. The van der Waals surface area contributed by atoms with Crippen LogP contribution in [0.25, 0.3) is 0 Å². The van der Waals surface area contributed by atoms with Gasteiger partial charge in [-0.15, -0.1) is 0 Å². The van der Waals surface area contributed by atoms with E-state index in [-0.39, 0.29) is 33.8 Å². The monoisotopic (exact) mass is 733 g/mol. The molecular formula is C36H33ClF5N3O4S. The van der Waals surface area contributed by atoms with E-state index >= 15 is 0 Å². The molecule has 0 radical (unpaired) electrons. The molecule has 1 fully saturated rings. The number of primary amides is 1. The van der Waals surface area contributed by atoms with E-state index in [1.54, 1.807) is 0 Å². The average Bonchev–Trinajstić information content (AvgIpc) is 3.91. The fourth-order valence-electron chi connectivity index (χ4n) is 5.40. The summed E-state index contributed by atoms with van der Waals surface area (Å²) in [4.78, 5) is 25.2. The van der Waals surface area contributed by atoms with Crippen LogP contribution in [0.15, 0.2) is 71.6 Å². The molecule has 264 valence electrons. The molecule has 1 aliphatic rings. The molecule has 0 aromatic heterocycles. The van der Waals surface area contributed by atoms with Crippen LogP contribution in [0, 0.1) is 29.1 Å². The van der Waals surface area contributed by atoms with Gasteiger partial charge in [-0.25, -0.2) is 30.4 Å². The Bertz CT molecular complexity index is 2040. The fourth-order valence-corrected chi connectivity index (χ4v) is 7.02. The third-order valence-corrected chi connectivity index (χ3v) is 10.5. The molecule has 5 rings (SSSR count). The molecular weight excluding hydrogens is 701 g/mol. The first-order chi connectivity index (χ1) is 23.4. The van der Waals surface area contributed by atoms with Gasteiger partial charge in [0.2, 0.25) is 27.7 Å². The number of hydrogen-bond donors (Lipinski definition) is 1. The number of nitrogens with two attached hydrogens (primary N) is 1. The summed E-state index contributed by atoms with van der Waals surface area (Å²) in [6.07, 6.45) is 2.00. The lowest BCUT2D eigenvalue weighted by molar-refractivity contribution is -0.119. The van der Waals surface area contributed by atoms with Crippen LogP contribution in [0.4, 0.5) is 27.6 Å². The zero-order chi connectivity index (χ0) is 36.7. The van der Waals surface area contributed by atoms with Gasteiger partial charge >= 0.3 is 0 Å². The van der Waals surface area contributed by atoms with Crippen molar-refractivity contribution in [1.29, 1.82) is 0 Å². The summed E-state index contributed by atoms with van der Waals surface area (Å²) in [6, 6.07) is 17.1. The highest BCUT2D eigenvalue weighted by atomic mass is 35.5. The third kappa shape index (κ3) is 7.85. The van der Waals surface area contributed by atoms with Crippen molar-refractivity contribution >= 4 is 39.1 Å². The molecule has 0 heterocycles. The summed E-state index contributed by atoms with van der Waals surface area (Å²) in [5.41, 5.74) is 8.43. The molecule has 4 aromatic carbocycles. The molecule has 2 amide bonds. The predicted molar refractivity (Wildman–Crippen MR) is 179 cm³/mol. The number of hydrogen-bond acceptors (Lipinski definition) is 4. The Morgan fingerprint density at radius 3 is 1.88 bits per heavy atom. The van der Waals surface area contributed by atoms with Crippen LogP contribution in [0.2, 0.25) is 5.02 Å². The normalized spacial score (nSPS) is 13.5. The maximum Gasteiger partial charge on any atom is 0.249 e. The van der Waals surface area contributed by atoms with E-state index < -0.39 is 68.9 Å². The van der Waals surface area contributed by atoms with Crippen LogP contribution in [0.5, 0.6) is 0 Å². The van der Waals surface area contributed by atoms with E-state index in [2.05, 4.69) is 6.07 Å². The first-order valence-electron chi connectivity index (χ1n) is 15.5. The second kappa shape index (κ2) is 14.1. The number of halogens is 6. The number of carbonyl (C=O) groups is 2. The number of benzene rings is 4. The van der Waals surface area contributed by atoms with Gasteiger partial charge in [-0.05, 0) is 82.8 Å². The number of rotatable bonds is 11. The van der Waals surface area contributed by atoms with Crippen molar-refractivity contribution in [3.8, 4) is 0 Å². The molecule has 0 saturated heterocycles. The van der Waals surface area contributed by atoms with Gasteiger partial charge in [-0.2, -0.15) is 4.31 Å². The van der Waals surface area contributed by atoms with Gasteiger partial charge in [0.15, 0.2) is 28.2 Å². The van der Waals surface area contributed by atoms with Crippen LogP contribution in [0.1, 0.15) is 72.1 Å². The zero-order valence-corrected chi connectivity index (χ0v) is 28.8. The molecule has 1 aliphatic carbocycles. The predicted octanol–water partition coefficient (Wildman–Crippen LogP) is 7.73. The minimum atomic E-state index is -5.57. The number of anilines is 1. The highest BCUT2D eigenvalue weighted by molar-refractivity contribution is 7.89. The molecule has 7 nitrogen and oxygen atoms in total. The second-order valence-electron chi connectivity index (χ2n) is 13.2. The molecule has 0 unspecified atom stereocenters. The Morgan fingerprint density at radius 1 is 0.800 bits per heavy atom. The zero-order valence-electron chi connectivity index (χ0n) is 27.2. The van der Waals surface area contributed by atoms with Gasteiger partial charge in [-0.3, -0.25) is 9.59 Å². The van der Waals surface area contributed by atoms with Crippen molar-refractivity contribution in [2.24, 2.45) is 5.73 Å². The van der Waals surface area contributed by atoms with Gasteiger partial charge in [0, 0.05) is 22.8 Å². The smallest absolute Gasteiger partial charge is 0.249 e. The molecule has 2 N–H and O–H groups in total.